The van der Waals surface area contributed by atoms with E-state index in [1.165, 1.54) is 16.8 Å². The van der Waals surface area contributed by atoms with Crippen LogP contribution < -0.4 is 10.6 Å². The Morgan fingerprint density at radius 2 is 1.43 bits per heavy atom. The molecule has 0 spiro atoms. The predicted octanol–water partition coefficient (Wildman–Crippen LogP) is 2.47. The van der Waals surface area contributed by atoms with Crippen LogP contribution in [0.3, 0.4) is 0 Å². The molecule has 1 saturated heterocycles. The smallest absolute Gasteiger partial charge is 0.0367 e. The van der Waals surface area contributed by atoms with Crippen molar-refractivity contribution >= 4 is 5.69 Å². The van der Waals surface area contributed by atoms with E-state index in [0.717, 1.165) is 32.7 Å². The lowest BCUT2D eigenvalue weighted by Crippen LogP contribution is -2.45. The normalized spacial score (nSPS) is 16.1. The summed E-state index contributed by atoms with van der Waals surface area (Å²) in [5.41, 5.74) is 9.56. The molecular formula is C18H23N3. The average Bonchev–Trinajstić information content (AvgIpc) is 2.57. The highest BCUT2D eigenvalue weighted by atomic mass is 15.3. The molecule has 21 heavy (non-hydrogen) atoms. The fraction of sp³-hybridized carbons (Fsp3) is 0.333. The zero-order chi connectivity index (χ0) is 14.5. The maximum Gasteiger partial charge on any atom is 0.0367 e. The van der Waals surface area contributed by atoms with Gasteiger partial charge in [0.1, 0.15) is 0 Å². The second-order valence-electron chi connectivity index (χ2n) is 5.62. The van der Waals surface area contributed by atoms with Crippen LogP contribution in [-0.2, 0) is 13.1 Å². The molecule has 2 aromatic carbocycles. The minimum Gasteiger partial charge on any atom is -0.369 e. The van der Waals surface area contributed by atoms with Crippen molar-refractivity contribution in [1.29, 1.82) is 0 Å². The Morgan fingerprint density at radius 1 is 0.762 bits per heavy atom. The number of nitrogens with zero attached hydrogens (tertiary/aromatic N) is 2. The van der Waals surface area contributed by atoms with Gasteiger partial charge in [-0.3, -0.25) is 4.90 Å². The van der Waals surface area contributed by atoms with Gasteiger partial charge in [-0.05, 0) is 23.3 Å². The topological polar surface area (TPSA) is 32.5 Å². The first-order chi connectivity index (χ1) is 10.3. The van der Waals surface area contributed by atoms with Crippen LogP contribution in [0, 0.1) is 0 Å². The first-order valence-electron chi connectivity index (χ1n) is 7.65. The lowest BCUT2D eigenvalue weighted by Gasteiger charge is -2.36. The zero-order valence-electron chi connectivity index (χ0n) is 12.4. The molecule has 2 aromatic rings. The minimum absolute atomic E-state index is 0.616. The molecule has 3 rings (SSSR count). The SMILES string of the molecule is NCc1ccc(N2CCN(Cc3ccccc3)CC2)cc1. The summed E-state index contributed by atoms with van der Waals surface area (Å²) in [4.78, 5) is 4.99. The summed E-state index contributed by atoms with van der Waals surface area (Å²) < 4.78 is 0. The van der Waals surface area contributed by atoms with Crippen molar-refractivity contribution in [2.75, 3.05) is 31.1 Å². The van der Waals surface area contributed by atoms with Crippen LogP contribution in [-0.4, -0.2) is 31.1 Å². The summed E-state index contributed by atoms with van der Waals surface area (Å²) in [5, 5.41) is 0. The van der Waals surface area contributed by atoms with Crippen LogP contribution >= 0.6 is 0 Å². The fourth-order valence-corrected chi connectivity index (χ4v) is 2.85. The maximum atomic E-state index is 5.65. The van der Waals surface area contributed by atoms with Gasteiger partial charge < -0.3 is 10.6 Å². The van der Waals surface area contributed by atoms with E-state index in [2.05, 4.69) is 64.4 Å². The third-order valence-corrected chi connectivity index (χ3v) is 4.16. The Labute approximate surface area is 127 Å². The van der Waals surface area contributed by atoms with Gasteiger partial charge in [-0.2, -0.15) is 0 Å². The third-order valence-electron chi connectivity index (χ3n) is 4.16. The quantitative estimate of drug-likeness (QED) is 0.934. The molecule has 3 heteroatoms. The molecule has 0 bridgehead atoms. The molecular weight excluding hydrogens is 258 g/mol. The number of nitrogens with two attached hydrogens (primary N) is 1. The summed E-state index contributed by atoms with van der Waals surface area (Å²) in [7, 11) is 0. The van der Waals surface area contributed by atoms with Crippen LogP contribution in [0.25, 0.3) is 0 Å². The molecule has 0 aromatic heterocycles. The van der Waals surface area contributed by atoms with Crippen molar-refractivity contribution in [2.24, 2.45) is 5.73 Å². The standard InChI is InChI=1S/C18H23N3/c19-14-16-6-8-18(9-7-16)21-12-10-20(11-13-21)15-17-4-2-1-3-5-17/h1-9H,10-15,19H2. The number of hydrogen-bond acceptors (Lipinski definition) is 3. The van der Waals surface area contributed by atoms with E-state index in [1.54, 1.807) is 0 Å². The van der Waals surface area contributed by atoms with Crippen LogP contribution in [0.1, 0.15) is 11.1 Å². The molecule has 0 unspecified atom stereocenters. The Bertz CT molecular complexity index is 542. The number of anilines is 1. The van der Waals surface area contributed by atoms with Gasteiger partial charge in [0.25, 0.3) is 0 Å². The Morgan fingerprint density at radius 3 is 2.05 bits per heavy atom. The Hall–Kier alpha value is -1.84. The minimum atomic E-state index is 0.616. The highest BCUT2D eigenvalue weighted by Gasteiger charge is 2.17. The van der Waals surface area contributed by atoms with Crippen molar-refractivity contribution in [3.63, 3.8) is 0 Å². The maximum absolute atomic E-state index is 5.65. The lowest BCUT2D eigenvalue weighted by molar-refractivity contribution is 0.250. The number of benzene rings is 2. The van der Waals surface area contributed by atoms with Crippen molar-refractivity contribution in [3.05, 3.63) is 65.7 Å². The number of rotatable bonds is 4. The van der Waals surface area contributed by atoms with Crippen molar-refractivity contribution in [3.8, 4) is 0 Å². The molecule has 0 amide bonds. The molecule has 0 atom stereocenters. The predicted molar refractivity (Wildman–Crippen MR) is 88.3 cm³/mol. The van der Waals surface area contributed by atoms with Crippen molar-refractivity contribution in [2.45, 2.75) is 13.1 Å². The van der Waals surface area contributed by atoms with Gasteiger partial charge in [0.05, 0.1) is 0 Å². The van der Waals surface area contributed by atoms with E-state index in [9.17, 15) is 0 Å². The summed E-state index contributed by atoms with van der Waals surface area (Å²) in [5.74, 6) is 0. The van der Waals surface area contributed by atoms with Crippen LogP contribution in [0.4, 0.5) is 5.69 Å². The van der Waals surface area contributed by atoms with E-state index in [1.807, 2.05) is 0 Å². The zero-order valence-corrected chi connectivity index (χ0v) is 12.4. The van der Waals surface area contributed by atoms with Gasteiger partial charge in [-0.25, -0.2) is 0 Å². The molecule has 1 aliphatic heterocycles. The highest BCUT2D eigenvalue weighted by Crippen LogP contribution is 2.18. The summed E-state index contributed by atoms with van der Waals surface area (Å²) in [6.45, 7) is 6.09. The van der Waals surface area contributed by atoms with Crippen molar-refractivity contribution < 1.29 is 0 Å². The third kappa shape index (κ3) is 3.63. The van der Waals surface area contributed by atoms with Gasteiger partial charge in [-0.15, -0.1) is 0 Å². The largest absolute Gasteiger partial charge is 0.369 e. The van der Waals surface area contributed by atoms with Crippen molar-refractivity contribution in [1.82, 2.24) is 4.90 Å². The Balaban J connectivity index is 1.54. The van der Waals surface area contributed by atoms with Gasteiger partial charge in [0.15, 0.2) is 0 Å². The number of hydrogen-bond donors (Lipinski definition) is 1. The van der Waals surface area contributed by atoms with E-state index >= 15 is 0 Å². The van der Waals surface area contributed by atoms with E-state index in [4.69, 9.17) is 5.73 Å². The average molecular weight is 281 g/mol. The number of piperazine rings is 1. The molecule has 2 N–H and O–H groups in total. The summed E-state index contributed by atoms with van der Waals surface area (Å²) in [6.07, 6.45) is 0. The molecule has 3 nitrogen and oxygen atoms in total. The highest BCUT2D eigenvalue weighted by molar-refractivity contribution is 5.48. The van der Waals surface area contributed by atoms with E-state index in [-0.39, 0.29) is 0 Å². The molecule has 1 aliphatic rings. The first-order valence-corrected chi connectivity index (χ1v) is 7.65. The van der Waals surface area contributed by atoms with E-state index in [0.29, 0.717) is 6.54 Å². The fourth-order valence-electron chi connectivity index (χ4n) is 2.85. The lowest BCUT2D eigenvalue weighted by atomic mass is 10.1. The van der Waals surface area contributed by atoms with Gasteiger partial charge in [0, 0.05) is 45.0 Å². The molecule has 1 heterocycles. The second-order valence-corrected chi connectivity index (χ2v) is 5.62. The van der Waals surface area contributed by atoms with Crippen LogP contribution in [0.5, 0.6) is 0 Å². The van der Waals surface area contributed by atoms with Gasteiger partial charge >= 0.3 is 0 Å². The van der Waals surface area contributed by atoms with Gasteiger partial charge in [-0.1, -0.05) is 42.5 Å². The monoisotopic (exact) mass is 281 g/mol. The molecule has 110 valence electrons. The molecule has 0 radical (unpaired) electrons. The van der Waals surface area contributed by atoms with E-state index < -0.39 is 0 Å². The van der Waals surface area contributed by atoms with Crippen LogP contribution in [0.2, 0.25) is 0 Å². The molecule has 0 aliphatic carbocycles. The Kier molecular flexibility index (Phi) is 4.53. The summed E-state index contributed by atoms with van der Waals surface area (Å²) in [6, 6.07) is 19.4. The molecule has 0 saturated carbocycles. The summed E-state index contributed by atoms with van der Waals surface area (Å²) >= 11 is 0. The molecule has 1 fully saturated rings. The second kappa shape index (κ2) is 6.74. The first kappa shape index (κ1) is 14.1. The van der Waals surface area contributed by atoms with Gasteiger partial charge in [0.2, 0.25) is 0 Å². The van der Waals surface area contributed by atoms with Crippen LogP contribution in [0.15, 0.2) is 54.6 Å².